The summed E-state index contributed by atoms with van der Waals surface area (Å²) < 4.78 is 11.3. The molecule has 0 saturated carbocycles. The van der Waals surface area contributed by atoms with Crippen LogP contribution in [0.15, 0.2) is 6.07 Å². The Labute approximate surface area is 96.5 Å². The molecule has 0 aliphatic carbocycles. The molecule has 0 bridgehead atoms. The summed E-state index contributed by atoms with van der Waals surface area (Å²) in [5, 5.41) is 0. The molecule has 88 valence electrons. The molecule has 1 aromatic carbocycles. The highest BCUT2D eigenvalue weighted by atomic mass is 16.6. The van der Waals surface area contributed by atoms with Crippen LogP contribution in [0.3, 0.4) is 0 Å². The summed E-state index contributed by atoms with van der Waals surface area (Å²) in [6, 6.07) is 2.07. The minimum atomic E-state index is 0.644. The first-order valence-electron chi connectivity index (χ1n) is 5.82. The fourth-order valence-corrected chi connectivity index (χ4v) is 2.07. The van der Waals surface area contributed by atoms with Crippen molar-refractivity contribution in [1.29, 1.82) is 0 Å². The Hall–Kier alpha value is -1.22. The van der Waals surface area contributed by atoms with Crippen molar-refractivity contribution < 1.29 is 9.47 Å². The van der Waals surface area contributed by atoms with Crippen molar-refractivity contribution in [3.8, 4) is 11.5 Å². The van der Waals surface area contributed by atoms with E-state index in [0.717, 1.165) is 24.3 Å². The van der Waals surface area contributed by atoms with Crippen molar-refractivity contribution in [2.24, 2.45) is 5.73 Å². The van der Waals surface area contributed by atoms with Gasteiger partial charge in [-0.3, -0.25) is 0 Å². The van der Waals surface area contributed by atoms with E-state index in [0.29, 0.717) is 19.8 Å². The van der Waals surface area contributed by atoms with Crippen molar-refractivity contribution >= 4 is 0 Å². The zero-order chi connectivity index (χ0) is 11.5. The van der Waals surface area contributed by atoms with Gasteiger partial charge in [0.15, 0.2) is 11.5 Å². The molecular formula is C13H19NO2. The normalized spacial score (nSPS) is 13.9. The van der Waals surface area contributed by atoms with Crippen LogP contribution in [-0.4, -0.2) is 19.8 Å². The first-order chi connectivity index (χ1) is 7.74. The second-order valence-corrected chi connectivity index (χ2v) is 4.21. The van der Waals surface area contributed by atoms with Gasteiger partial charge in [0.25, 0.3) is 0 Å². The van der Waals surface area contributed by atoms with Gasteiger partial charge in [-0.2, -0.15) is 0 Å². The van der Waals surface area contributed by atoms with E-state index >= 15 is 0 Å². The third kappa shape index (κ3) is 2.00. The minimum absolute atomic E-state index is 0.644. The zero-order valence-electron chi connectivity index (χ0n) is 10.0. The summed E-state index contributed by atoms with van der Waals surface area (Å²) >= 11 is 0. The van der Waals surface area contributed by atoms with Gasteiger partial charge in [0.05, 0.1) is 0 Å². The topological polar surface area (TPSA) is 44.5 Å². The molecule has 0 atom stereocenters. The largest absolute Gasteiger partial charge is 0.486 e. The lowest BCUT2D eigenvalue weighted by Crippen LogP contribution is -2.18. The minimum Gasteiger partial charge on any atom is -0.486 e. The molecule has 1 aromatic rings. The van der Waals surface area contributed by atoms with Crippen molar-refractivity contribution in [1.82, 2.24) is 0 Å². The summed E-state index contributed by atoms with van der Waals surface area (Å²) in [7, 11) is 0. The SMILES string of the molecule is Cc1cc2c(c(CCCN)c1C)OCCO2. The smallest absolute Gasteiger partial charge is 0.164 e. The molecule has 0 amide bonds. The molecule has 2 N–H and O–H groups in total. The molecule has 1 heterocycles. The van der Waals surface area contributed by atoms with Gasteiger partial charge in [0.1, 0.15) is 13.2 Å². The van der Waals surface area contributed by atoms with E-state index in [9.17, 15) is 0 Å². The predicted molar refractivity (Wildman–Crippen MR) is 64.3 cm³/mol. The maximum absolute atomic E-state index is 5.72. The molecule has 0 aromatic heterocycles. The highest BCUT2D eigenvalue weighted by molar-refractivity contribution is 5.54. The van der Waals surface area contributed by atoms with Crippen molar-refractivity contribution in [2.45, 2.75) is 26.7 Å². The monoisotopic (exact) mass is 221 g/mol. The van der Waals surface area contributed by atoms with Crippen molar-refractivity contribution in [3.05, 3.63) is 22.8 Å². The quantitative estimate of drug-likeness (QED) is 0.848. The number of fused-ring (bicyclic) bond motifs is 1. The van der Waals surface area contributed by atoms with E-state index in [1.54, 1.807) is 0 Å². The highest BCUT2D eigenvalue weighted by Crippen LogP contribution is 2.38. The maximum atomic E-state index is 5.72. The van der Waals surface area contributed by atoms with E-state index < -0.39 is 0 Å². The Morgan fingerprint density at radius 2 is 2.00 bits per heavy atom. The summed E-state index contributed by atoms with van der Waals surface area (Å²) in [6.07, 6.45) is 1.95. The van der Waals surface area contributed by atoms with Crippen LogP contribution in [-0.2, 0) is 6.42 Å². The maximum Gasteiger partial charge on any atom is 0.164 e. The number of aryl methyl sites for hydroxylation is 1. The van der Waals surface area contributed by atoms with E-state index in [1.165, 1.54) is 16.7 Å². The lowest BCUT2D eigenvalue weighted by molar-refractivity contribution is 0.169. The number of nitrogens with two attached hydrogens (primary N) is 1. The lowest BCUT2D eigenvalue weighted by atomic mass is 9.97. The van der Waals surface area contributed by atoms with Gasteiger partial charge < -0.3 is 15.2 Å². The standard InChI is InChI=1S/C13H19NO2/c1-9-8-12-13(16-7-6-15-12)11(10(9)2)4-3-5-14/h8H,3-7,14H2,1-2H3. The fourth-order valence-electron chi connectivity index (χ4n) is 2.07. The lowest BCUT2D eigenvalue weighted by Gasteiger charge is -2.23. The van der Waals surface area contributed by atoms with E-state index in [1.807, 2.05) is 0 Å². The van der Waals surface area contributed by atoms with E-state index in [2.05, 4.69) is 19.9 Å². The van der Waals surface area contributed by atoms with Crippen LogP contribution < -0.4 is 15.2 Å². The fraction of sp³-hybridized carbons (Fsp3) is 0.538. The Kier molecular flexibility index (Phi) is 3.34. The molecule has 3 heteroatoms. The molecule has 0 spiro atoms. The number of ether oxygens (including phenoxy) is 2. The van der Waals surface area contributed by atoms with Crippen LogP contribution in [0.4, 0.5) is 0 Å². The van der Waals surface area contributed by atoms with Gasteiger partial charge in [-0.1, -0.05) is 0 Å². The summed E-state index contributed by atoms with van der Waals surface area (Å²) in [6.45, 7) is 6.25. The van der Waals surface area contributed by atoms with E-state index in [-0.39, 0.29) is 0 Å². The third-order valence-corrected chi connectivity index (χ3v) is 3.11. The Morgan fingerprint density at radius 3 is 2.75 bits per heavy atom. The first kappa shape index (κ1) is 11.3. The van der Waals surface area contributed by atoms with Crippen LogP contribution in [0, 0.1) is 13.8 Å². The highest BCUT2D eigenvalue weighted by Gasteiger charge is 2.19. The molecule has 0 radical (unpaired) electrons. The molecular weight excluding hydrogens is 202 g/mol. The zero-order valence-corrected chi connectivity index (χ0v) is 10.0. The molecule has 0 fully saturated rings. The van der Waals surface area contributed by atoms with Gasteiger partial charge in [0, 0.05) is 5.56 Å². The molecule has 1 aliphatic rings. The van der Waals surface area contributed by atoms with Gasteiger partial charge in [-0.15, -0.1) is 0 Å². The van der Waals surface area contributed by atoms with Crippen LogP contribution in [0.2, 0.25) is 0 Å². The second-order valence-electron chi connectivity index (χ2n) is 4.21. The molecule has 3 nitrogen and oxygen atoms in total. The Bertz CT molecular complexity index is 388. The van der Waals surface area contributed by atoms with Gasteiger partial charge in [0.2, 0.25) is 0 Å². The van der Waals surface area contributed by atoms with Crippen LogP contribution in [0.1, 0.15) is 23.1 Å². The predicted octanol–water partition coefficient (Wildman–Crippen LogP) is 1.97. The Balaban J connectivity index is 2.41. The van der Waals surface area contributed by atoms with Gasteiger partial charge in [-0.05, 0) is 50.4 Å². The molecule has 2 rings (SSSR count). The molecule has 1 aliphatic heterocycles. The van der Waals surface area contributed by atoms with Crippen LogP contribution in [0.5, 0.6) is 11.5 Å². The summed E-state index contributed by atoms with van der Waals surface area (Å²) in [5.41, 5.74) is 9.40. The van der Waals surface area contributed by atoms with E-state index in [4.69, 9.17) is 15.2 Å². The molecule has 0 unspecified atom stereocenters. The van der Waals surface area contributed by atoms with Crippen molar-refractivity contribution in [2.75, 3.05) is 19.8 Å². The molecule has 0 saturated heterocycles. The summed E-state index contributed by atoms with van der Waals surface area (Å²) in [5.74, 6) is 1.82. The number of hydrogen-bond donors (Lipinski definition) is 1. The average Bonchev–Trinajstić information content (AvgIpc) is 2.30. The Morgan fingerprint density at radius 1 is 1.25 bits per heavy atom. The number of hydrogen-bond acceptors (Lipinski definition) is 3. The number of rotatable bonds is 3. The first-order valence-corrected chi connectivity index (χ1v) is 5.82. The van der Waals surface area contributed by atoms with Crippen molar-refractivity contribution in [3.63, 3.8) is 0 Å². The molecule has 16 heavy (non-hydrogen) atoms. The third-order valence-electron chi connectivity index (χ3n) is 3.11. The summed E-state index contributed by atoms with van der Waals surface area (Å²) in [4.78, 5) is 0. The van der Waals surface area contributed by atoms with Gasteiger partial charge >= 0.3 is 0 Å². The van der Waals surface area contributed by atoms with Gasteiger partial charge in [-0.25, -0.2) is 0 Å². The van der Waals surface area contributed by atoms with Crippen LogP contribution in [0.25, 0.3) is 0 Å². The van der Waals surface area contributed by atoms with Crippen LogP contribution >= 0.6 is 0 Å². The average molecular weight is 221 g/mol. The number of benzene rings is 1. The second kappa shape index (κ2) is 4.74.